The lowest BCUT2D eigenvalue weighted by Gasteiger charge is -2.36. The van der Waals surface area contributed by atoms with Crippen molar-refractivity contribution in [3.05, 3.63) is 0 Å². The zero-order chi connectivity index (χ0) is 12.3. The second kappa shape index (κ2) is 5.67. The number of esters is 1. The molecule has 1 aliphatic heterocycles. The summed E-state index contributed by atoms with van der Waals surface area (Å²) in [7, 11) is 1.47. The minimum absolute atomic E-state index is 0.0420. The number of hydrogen-bond acceptors (Lipinski definition) is 3. The number of hydrogen-bond donors (Lipinski definition) is 0. The third kappa shape index (κ3) is 2.57. The smallest absolute Gasteiger partial charge is 0.309 e. The molecule has 0 aromatic rings. The van der Waals surface area contributed by atoms with Crippen molar-refractivity contribution in [3.63, 3.8) is 0 Å². The summed E-state index contributed by atoms with van der Waals surface area (Å²) in [6.07, 6.45) is 3.68. The Kier molecular flexibility index (Phi) is 4.78. The van der Waals surface area contributed by atoms with Crippen LogP contribution in [0.2, 0.25) is 0 Å². The Labute approximate surface area is 99.1 Å². The lowest BCUT2D eigenvalue weighted by molar-refractivity contribution is -0.147. The molecular formula is C13H25NO2. The van der Waals surface area contributed by atoms with E-state index in [-0.39, 0.29) is 17.9 Å². The highest BCUT2D eigenvalue weighted by Crippen LogP contribution is 2.30. The van der Waals surface area contributed by atoms with Crippen molar-refractivity contribution >= 4 is 5.97 Å². The highest BCUT2D eigenvalue weighted by atomic mass is 16.5. The van der Waals surface area contributed by atoms with Gasteiger partial charge in [-0.05, 0) is 33.1 Å². The fourth-order valence-corrected chi connectivity index (χ4v) is 2.88. The molecule has 3 nitrogen and oxygen atoms in total. The molecule has 1 saturated heterocycles. The van der Waals surface area contributed by atoms with Crippen LogP contribution < -0.4 is 0 Å². The summed E-state index contributed by atoms with van der Waals surface area (Å²) in [4.78, 5) is 14.1. The zero-order valence-electron chi connectivity index (χ0n) is 11.2. The van der Waals surface area contributed by atoms with Crippen molar-refractivity contribution < 1.29 is 9.53 Å². The van der Waals surface area contributed by atoms with E-state index in [9.17, 15) is 4.79 Å². The second-order valence-corrected chi connectivity index (χ2v) is 4.99. The number of nitrogens with zero attached hydrogens (tertiary/aromatic N) is 1. The molecule has 1 heterocycles. The summed E-state index contributed by atoms with van der Waals surface area (Å²) in [5, 5.41) is 0. The number of ether oxygens (including phenoxy) is 1. The largest absolute Gasteiger partial charge is 0.469 e. The van der Waals surface area contributed by atoms with Crippen molar-refractivity contribution in [2.45, 2.75) is 65.1 Å². The number of carbonyl (C=O) groups excluding carboxylic acids is 1. The van der Waals surface area contributed by atoms with Gasteiger partial charge in [0.15, 0.2) is 0 Å². The standard InChI is InChI=1S/C13H25NO2/c1-6-12-8-7-9(2)14(12)11(4)10(3)13(15)16-5/h9-12H,6-8H2,1-5H3. The van der Waals surface area contributed by atoms with E-state index in [1.165, 1.54) is 26.4 Å². The van der Waals surface area contributed by atoms with E-state index >= 15 is 0 Å². The Hall–Kier alpha value is -0.570. The van der Waals surface area contributed by atoms with Gasteiger partial charge in [0, 0.05) is 18.1 Å². The minimum atomic E-state index is -0.0959. The molecule has 0 amide bonds. The topological polar surface area (TPSA) is 29.5 Å². The van der Waals surface area contributed by atoms with Gasteiger partial charge in [-0.1, -0.05) is 13.8 Å². The first kappa shape index (κ1) is 13.5. The van der Waals surface area contributed by atoms with Crippen molar-refractivity contribution in [1.82, 2.24) is 4.90 Å². The van der Waals surface area contributed by atoms with Gasteiger partial charge >= 0.3 is 5.97 Å². The van der Waals surface area contributed by atoms with Crippen molar-refractivity contribution in [3.8, 4) is 0 Å². The Morgan fingerprint density at radius 2 is 2.06 bits per heavy atom. The maximum absolute atomic E-state index is 11.6. The van der Waals surface area contributed by atoms with Crippen LogP contribution in [0.1, 0.15) is 47.0 Å². The molecule has 0 aromatic carbocycles. The second-order valence-electron chi connectivity index (χ2n) is 4.99. The highest BCUT2D eigenvalue weighted by Gasteiger charge is 2.36. The van der Waals surface area contributed by atoms with E-state index in [2.05, 4.69) is 25.7 Å². The van der Waals surface area contributed by atoms with Gasteiger partial charge in [-0.3, -0.25) is 9.69 Å². The monoisotopic (exact) mass is 227 g/mol. The van der Waals surface area contributed by atoms with E-state index in [0.29, 0.717) is 12.1 Å². The lowest BCUT2D eigenvalue weighted by Crippen LogP contribution is -2.46. The molecule has 0 aliphatic carbocycles. The quantitative estimate of drug-likeness (QED) is 0.691. The van der Waals surface area contributed by atoms with Crippen LogP contribution in [0.5, 0.6) is 0 Å². The number of carbonyl (C=O) groups is 1. The van der Waals surface area contributed by atoms with Crippen LogP contribution in [0.15, 0.2) is 0 Å². The Morgan fingerprint density at radius 3 is 2.56 bits per heavy atom. The van der Waals surface area contributed by atoms with Crippen molar-refractivity contribution in [2.24, 2.45) is 5.92 Å². The average Bonchev–Trinajstić information content (AvgIpc) is 2.67. The lowest BCUT2D eigenvalue weighted by atomic mass is 10.00. The molecule has 0 N–H and O–H groups in total. The van der Waals surface area contributed by atoms with Crippen LogP contribution in [0, 0.1) is 5.92 Å². The van der Waals surface area contributed by atoms with Crippen molar-refractivity contribution in [1.29, 1.82) is 0 Å². The van der Waals surface area contributed by atoms with E-state index in [1.807, 2.05) is 6.92 Å². The molecule has 4 atom stereocenters. The molecule has 0 spiro atoms. The van der Waals surface area contributed by atoms with Crippen molar-refractivity contribution in [2.75, 3.05) is 7.11 Å². The molecule has 94 valence electrons. The van der Waals surface area contributed by atoms with E-state index < -0.39 is 0 Å². The number of rotatable bonds is 4. The van der Waals surface area contributed by atoms with Gasteiger partial charge in [-0.25, -0.2) is 0 Å². The van der Waals surface area contributed by atoms with Gasteiger partial charge in [0.1, 0.15) is 0 Å². The van der Waals surface area contributed by atoms with Crippen LogP contribution in [-0.2, 0) is 9.53 Å². The fraction of sp³-hybridized carbons (Fsp3) is 0.923. The van der Waals surface area contributed by atoms with Crippen LogP contribution in [0.25, 0.3) is 0 Å². The maximum Gasteiger partial charge on any atom is 0.309 e. The van der Waals surface area contributed by atoms with Gasteiger partial charge in [0.05, 0.1) is 13.0 Å². The molecule has 3 heteroatoms. The normalized spacial score (nSPS) is 30.1. The highest BCUT2D eigenvalue weighted by molar-refractivity contribution is 5.72. The molecule has 0 radical (unpaired) electrons. The van der Waals surface area contributed by atoms with Crippen LogP contribution in [0.4, 0.5) is 0 Å². The Balaban J connectivity index is 2.70. The Morgan fingerprint density at radius 1 is 1.44 bits per heavy atom. The first-order valence-electron chi connectivity index (χ1n) is 6.38. The van der Waals surface area contributed by atoms with Crippen LogP contribution >= 0.6 is 0 Å². The first-order valence-corrected chi connectivity index (χ1v) is 6.38. The predicted molar refractivity (Wildman–Crippen MR) is 65.3 cm³/mol. The summed E-state index contributed by atoms with van der Waals surface area (Å²) in [6, 6.07) is 1.50. The summed E-state index contributed by atoms with van der Waals surface area (Å²) in [5.74, 6) is -0.138. The summed E-state index contributed by atoms with van der Waals surface area (Å²) >= 11 is 0. The molecule has 4 unspecified atom stereocenters. The van der Waals surface area contributed by atoms with E-state index in [4.69, 9.17) is 4.74 Å². The number of methoxy groups -OCH3 is 1. The van der Waals surface area contributed by atoms with E-state index in [1.54, 1.807) is 0 Å². The summed E-state index contributed by atoms with van der Waals surface area (Å²) in [5.41, 5.74) is 0. The molecule has 0 bridgehead atoms. The molecule has 16 heavy (non-hydrogen) atoms. The third-order valence-electron chi connectivity index (χ3n) is 4.09. The molecule has 1 rings (SSSR count). The molecule has 1 aliphatic rings. The SMILES string of the molecule is CCC1CCC(C)N1C(C)C(C)C(=O)OC. The fourth-order valence-electron chi connectivity index (χ4n) is 2.88. The van der Waals surface area contributed by atoms with E-state index in [0.717, 1.165) is 0 Å². The average molecular weight is 227 g/mol. The molecule has 1 fully saturated rings. The van der Waals surface area contributed by atoms with Gasteiger partial charge in [0.25, 0.3) is 0 Å². The predicted octanol–water partition coefficient (Wildman–Crippen LogP) is 2.45. The van der Waals surface area contributed by atoms with Gasteiger partial charge in [0.2, 0.25) is 0 Å². The molecular weight excluding hydrogens is 202 g/mol. The third-order valence-corrected chi connectivity index (χ3v) is 4.09. The zero-order valence-corrected chi connectivity index (χ0v) is 11.2. The Bertz CT molecular complexity index is 242. The molecule has 0 saturated carbocycles. The van der Waals surface area contributed by atoms with Crippen LogP contribution in [-0.4, -0.2) is 36.1 Å². The summed E-state index contributed by atoms with van der Waals surface area (Å²) < 4.78 is 4.83. The summed E-state index contributed by atoms with van der Waals surface area (Å²) in [6.45, 7) is 8.60. The maximum atomic E-state index is 11.6. The number of likely N-dealkylation sites (tertiary alicyclic amines) is 1. The van der Waals surface area contributed by atoms with Gasteiger partial charge in [-0.15, -0.1) is 0 Å². The minimum Gasteiger partial charge on any atom is -0.469 e. The van der Waals surface area contributed by atoms with Crippen LogP contribution in [0.3, 0.4) is 0 Å². The van der Waals surface area contributed by atoms with Gasteiger partial charge < -0.3 is 4.74 Å². The first-order chi connectivity index (χ1) is 7.52. The van der Waals surface area contributed by atoms with Gasteiger partial charge in [-0.2, -0.15) is 0 Å². The molecule has 0 aromatic heterocycles.